The second-order valence-electron chi connectivity index (χ2n) is 3.16. The molecule has 98 valence electrons. The van der Waals surface area contributed by atoms with Crippen LogP contribution in [0.15, 0.2) is 27.8 Å². The highest BCUT2D eigenvalue weighted by molar-refractivity contribution is 5.93. The van der Waals surface area contributed by atoms with Gasteiger partial charge in [-0.2, -0.15) is 0 Å². The Hall–Kier alpha value is -1.58. The summed E-state index contributed by atoms with van der Waals surface area (Å²) in [4.78, 5) is 15.4. The van der Waals surface area contributed by atoms with E-state index in [2.05, 4.69) is 9.73 Å². The third-order valence-electron chi connectivity index (χ3n) is 1.98. The van der Waals surface area contributed by atoms with Crippen LogP contribution >= 0.6 is 0 Å². The van der Waals surface area contributed by atoms with Crippen molar-refractivity contribution in [2.45, 2.75) is 34.6 Å². The molecule has 0 spiro atoms. The lowest BCUT2D eigenvalue weighted by Crippen LogP contribution is -2.10. The highest BCUT2D eigenvalue weighted by atomic mass is 16.5. The summed E-state index contributed by atoms with van der Waals surface area (Å²) in [6.45, 7) is 10.0. The van der Waals surface area contributed by atoms with Gasteiger partial charge in [-0.25, -0.2) is 4.79 Å². The first-order valence-corrected chi connectivity index (χ1v) is 5.69. The van der Waals surface area contributed by atoms with Crippen LogP contribution in [0.5, 0.6) is 0 Å². The number of carbonyl (C=O) groups is 1. The molecule has 4 heteroatoms. The molecular formula is C13H24N2O2. The van der Waals surface area contributed by atoms with Crippen molar-refractivity contribution in [1.82, 2.24) is 0 Å². The van der Waals surface area contributed by atoms with E-state index in [9.17, 15) is 4.79 Å². The number of hydrogen-bond acceptors (Lipinski definition) is 3. The number of nitrogens with zero attached hydrogens (tertiary/aromatic N) is 1. The second kappa shape index (κ2) is 10.9. The number of methoxy groups -OCH3 is 1. The van der Waals surface area contributed by atoms with Crippen molar-refractivity contribution in [3.05, 3.63) is 22.8 Å². The number of allylic oxidation sites excluding steroid dienone is 2. The molecule has 0 aromatic carbocycles. The quantitative estimate of drug-likeness (QED) is 0.270. The lowest BCUT2D eigenvalue weighted by Gasteiger charge is -2.09. The molecule has 0 unspecified atom stereocenters. The van der Waals surface area contributed by atoms with Gasteiger partial charge in [0.05, 0.1) is 25.6 Å². The minimum absolute atomic E-state index is 0.346. The van der Waals surface area contributed by atoms with Crippen molar-refractivity contribution in [2.24, 2.45) is 10.7 Å². The summed E-state index contributed by atoms with van der Waals surface area (Å²) < 4.78 is 4.69. The first kappa shape index (κ1) is 17.8. The molecule has 0 saturated carbocycles. The number of esters is 1. The molecule has 0 aromatic rings. The maximum Gasteiger partial charge on any atom is 0.337 e. The van der Waals surface area contributed by atoms with E-state index in [1.807, 2.05) is 27.7 Å². The van der Waals surface area contributed by atoms with Crippen LogP contribution in [-0.2, 0) is 9.53 Å². The minimum Gasteiger partial charge on any atom is -0.465 e. The van der Waals surface area contributed by atoms with E-state index < -0.39 is 0 Å². The lowest BCUT2D eigenvalue weighted by atomic mass is 10.0. The maximum absolute atomic E-state index is 11.4. The molecule has 4 nitrogen and oxygen atoms in total. The van der Waals surface area contributed by atoms with Gasteiger partial charge >= 0.3 is 5.97 Å². The fourth-order valence-corrected chi connectivity index (χ4v) is 1.18. The summed E-state index contributed by atoms with van der Waals surface area (Å²) in [5.41, 5.74) is 7.60. The van der Waals surface area contributed by atoms with E-state index in [4.69, 9.17) is 5.73 Å². The number of aliphatic imine (C=N–C) groups is 1. The molecule has 0 amide bonds. The van der Waals surface area contributed by atoms with Crippen LogP contribution < -0.4 is 5.73 Å². The van der Waals surface area contributed by atoms with Gasteiger partial charge in [-0.15, -0.1) is 0 Å². The molecule has 17 heavy (non-hydrogen) atoms. The van der Waals surface area contributed by atoms with Gasteiger partial charge in [-0.3, -0.25) is 4.99 Å². The van der Waals surface area contributed by atoms with Crippen LogP contribution in [0.1, 0.15) is 34.6 Å². The molecule has 0 rings (SSSR count). The molecule has 0 atom stereocenters. The minimum atomic E-state index is -0.346. The fraction of sp³-hybridized carbons (Fsp3) is 0.538. The maximum atomic E-state index is 11.4. The molecule has 0 radical (unpaired) electrons. The Bertz CT molecular complexity index is 311. The Morgan fingerprint density at radius 1 is 1.35 bits per heavy atom. The smallest absolute Gasteiger partial charge is 0.337 e. The van der Waals surface area contributed by atoms with E-state index in [0.717, 1.165) is 11.1 Å². The second-order valence-corrected chi connectivity index (χ2v) is 3.16. The first-order valence-electron chi connectivity index (χ1n) is 5.69. The normalized spacial score (nSPS) is 10.6. The zero-order chi connectivity index (χ0) is 13.8. The average Bonchev–Trinajstić information content (AvgIpc) is 2.35. The third-order valence-corrected chi connectivity index (χ3v) is 1.98. The van der Waals surface area contributed by atoms with Crippen LogP contribution in [0.2, 0.25) is 0 Å². The number of rotatable bonds is 4. The van der Waals surface area contributed by atoms with E-state index in [1.54, 1.807) is 13.0 Å². The van der Waals surface area contributed by atoms with Gasteiger partial charge in [-0.05, 0) is 26.3 Å². The lowest BCUT2D eigenvalue weighted by molar-refractivity contribution is -0.135. The zero-order valence-electron chi connectivity index (χ0n) is 11.7. The standard InChI is InChI=1S/C11H18N2O2.C2H6/c1-5-9(11(14)15-4)10(8(2)3)6-13-7-12;1-2/h5,7H,6H2,1-4H3,(H2,12,13);1-2H3/b9-5+;. The Morgan fingerprint density at radius 3 is 2.18 bits per heavy atom. The average molecular weight is 240 g/mol. The van der Waals surface area contributed by atoms with Gasteiger partial charge in [0.2, 0.25) is 0 Å². The van der Waals surface area contributed by atoms with Gasteiger partial charge in [0.25, 0.3) is 0 Å². The highest BCUT2D eigenvalue weighted by Gasteiger charge is 2.14. The Labute approximate surface area is 104 Å². The summed E-state index contributed by atoms with van der Waals surface area (Å²) >= 11 is 0. The molecule has 0 aromatic heterocycles. The Kier molecular flexibility index (Phi) is 11.4. The summed E-state index contributed by atoms with van der Waals surface area (Å²) in [7, 11) is 1.36. The van der Waals surface area contributed by atoms with E-state index in [1.165, 1.54) is 13.4 Å². The summed E-state index contributed by atoms with van der Waals surface area (Å²) in [6.07, 6.45) is 2.95. The van der Waals surface area contributed by atoms with Crippen LogP contribution in [0.3, 0.4) is 0 Å². The van der Waals surface area contributed by atoms with E-state index in [0.29, 0.717) is 12.1 Å². The number of ether oxygens (including phenoxy) is 1. The Morgan fingerprint density at radius 2 is 1.88 bits per heavy atom. The number of hydrogen-bond donors (Lipinski definition) is 1. The van der Waals surface area contributed by atoms with Crippen molar-refractivity contribution in [1.29, 1.82) is 0 Å². The van der Waals surface area contributed by atoms with Gasteiger partial charge in [0.15, 0.2) is 0 Å². The van der Waals surface area contributed by atoms with Gasteiger partial charge in [0, 0.05) is 0 Å². The summed E-state index contributed by atoms with van der Waals surface area (Å²) in [5, 5.41) is 0. The topological polar surface area (TPSA) is 64.7 Å². The molecule has 0 bridgehead atoms. The molecule has 0 fully saturated rings. The van der Waals surface area contributed by atoms with E-state index in [-0.39, 0.29) is 5.97 Å². The predicted octanol–water partition coefficient (Wildman–Crippen LogP) is 2.46. The number of carbonyl (C=O) groups excluding carboxylic acids is 1. The van der Waals surface area contributed by atoms with Crippen LogP contribution in [-0.4, -0.2) is 26.0 Å². The van der Waals surface area contributed by atoms with Gasteiger partial charge in [0.1, 0.15) is 0 Å². The molecule has 0 saturated heterocycles. The molecule has 2 N–H and O–H groups in total. The summed E-state index contributed by atoms with van der Waals surface area (Å²) in [6, 6.07) is 0. The van der Waals surface area contributed by atoms with Crippen molar-refractivity contribution in [3.8, 4) is 0 Å². The van der Waals surface area contributed by atoms with Crippen molar-refractivity contribution in [3.63, 3.8) is 0 Å². The van der Waals surface area contributed by atoms with Crippen molar-refractivity contribution >= 4 is 12.3 Å². The number of nitrogens with two attached hydrogens (primary N) is 1. The van der Waals surface area contributed by atoms with Crippen LogP contribution in [0.4, 0.5) is 0 Å². The van der Waals surface area contributed by atoms with Gasteiger partial charge < -0.3 is 10.5 Å². The van der Waals surface area contributed by atoms with Crippen molar-refractivity contribution in [2.75, 3.05) is 13.7 Å². The highest BCUT2D eigenvalue weighted by Crippen LogP contribution is 2.16. The van der Waals surface area contributed by atoms with Crippen LogP contribution in [0, 0.1) is 0 Å². The molecular weight excluding hydrogens is 216 g/mol. The SMILES string of the molecule is C/C=C(/C(=O)OC)C(CN=CN)=C(C)C.CC. The summed E-state index contributed by atoms with van der Waals surface area (Å²) in [5.74, 6) is -0.346. The molecule has 0 aliphatic carbocycles. The fourth-order valence-electron chi connectivity index (χ4n) is 1.18. The van der Waals surface area contributed by atoms with E-state index >= 15 is 0 Å². The predicted molar refractivity (Wildman–Crippen MR) is 73.0 cm³/mol. The van der Waals surface area contributed by atoms with Gasteiger partial charge in [-0.1, -0.05) is 25.5 Å². The first-order chi connectivity index (χ1) is 8.08. The van der Waals surface area contributed by atoms with Crippen LogP contribution in [0.25, 0.3) is 0 Å². The molecule has 0 heterocycles. The molecule has 0 aliphatic rings. The molecule has 0 aliphatic heterocycles. The Balaban J connectivity index is 0. The third kappa shape index (κ3) is 6.56. The van der Waals surface area contributed by atoms with Crippen molar-refractivity contribution < 1.29 is 9.53 Å². The largest absolute Gasteiger partial charge is 0.465 e. The monoisotopic (exact) mass is 240 g/mol. The zero-order valence-corrected chi connectivity index (χ0v) is 11.7.